The Morgan fingerprint density at radius 1 is 1.50 bits per heavy atom. The van der Waals surface area contributed by atoms with Gasteiger partial charge in [-0.05, 0) is 40.9 Å². The topological polar surface area (TPSA) is 73.0 Å². The average molecular weight is 337 g/mol. The number of nitrogens with zero attached hydrogens (tertiary/aromatic N) is 3. The fraction of sp³-hybridized carbons (Fsp3) is 0.308. The van der Waals surface area contributed by atoms with Gasteiger partial charge in [0.15, 0.2) is 0 Å². The van der Waals surface area contributed by atoms with E-state index in [1.807, 2.05) is 12.5 Å². The highest BCUT2D eigenvalue weighted by Gasteiger charge is 2.25. The molecule has 1 aromatic heterocycles. The maximum Gasteiger partial charge on any atom is 0.283 e. The van der Waals surface area contributed by atoms with Crippen LogP contribution in [0.4, 0.5) is 11.4 Å². The second kappa shape index (κ2) is 5.24. The summed E-state index contributed by atoms with van der Waals surface area (Å²) in [7, 11) is 0. The van der Waals surface area contributed by atoms with Crippen LogP contribution in [0.1, 0.15) is 24.6 Å². The van der Waals surface area contributed by atoms with Gasteiger partial charge in [0.25, 0.3) is 5.69 Å². The number of anilines is 1. The van der Waals surface area contributed by atoms with Gasteiger partial charge in [0.1, 0.15) is 0 Å². The standard InChI is InChI=1S/C13H13BrN4O2/c14-12-5-9(1-4-13(12)18(19)20)16-7-11-6-15-8-17(11)10-2-3-10/h1,4-6,8,10,16H,2-3,7H2. The molecule has 1 aliphatic carbocycles. The highest BCUT2D eigenvalue weighted by molar-refractivity contribution is 9.10. The molecule has 1 aliphatic rings. The molecule has 1 fully saturated rings. The maximum atomic E-state index is 10.7. The molecule has 7 heteroatoms. The summed E-state index contributed by atoms with van der Waals surface area (Å²) in [5, 5.41) is 14.0. The molecule has 2 aromatic rings. The van der Waals surface area contributed by atoms with Crippen molar-refractivity contribution in [1.29, 1.82) is 0 Å². The van der Waals surface area contributed by atoms with E-state index in [1.54, 1.807) is 12.1 Å². The predicted octanol–water partition coefficient (Wildman–Crippen LogP) is 3.50. The minimum Gasteiger partial charge on any atom is -0.379 e. The lowest BCUT2D eigenvalue weighted by Gasteiger charge is -2.09. The van der Waals surface area contributed by atoms with Gasteiger partial charge in [-0.3, -0.25) is 10.1 Å². The van der Waals surface area contributed by atoms with Gasteiger partial charge < -0.3 is 9.88 Å². The predicted molar refractivity (Wildman–Crippen MR) is 78.6 cm³/mol. The summed E-state index contributed by atoms with van der Waals surface area (Å²) in [6, 6.07) is 5.51. The van der Waals surface area contributed by atoms with E-state index in [4.69, 9.17) is 0 Å². The van der Waals surface area contributed by atoms with Gasteiger partial charge >= 0.3 is 0 Å². The summed E-state index contributed by atoms with van der Waals surface area (Å²) in [4.78, 5) is 14.5. The normalized spacial score (nSPS) is 14.2. The molecular formula is C13H13BrN4O2. The lowest BCUT2D eigenvalue weighted by molar-refractivity contribution is -0.385. The molecule has 0 saturated heterocycles. The van der Waals surface area contributed by atoms with E-state index < -0.39 is 4.92 Å². The Morgan fingerprint density at radius 3 is 2.95 bits per heavy atom. The molecule has 6 nitrogen and oxygen atoms in total. The van der Waals surface area contributed by atoms with Crippen LogP contribution in [0.2, 0.25) is 0 Å². The van der Waals surface area contributed by atoms with Gasteiger partial charge in [-0.2, -0.15) is 0 Å². The van der Waals surface area contributed by atoms with Gasteiger partial charge in [0.05, 0.1) is 28.0 Å². The summed E-state index contributed by atoms with van der Waals surface area (Å²) < 4.78 is 2.66. The third-order valence-electron chi connectivity index (χ3n) is 3.30. The van der Waals surface area contributed by atoms with Crippen molar-refractivity contribution in [2.75, 3.05) is 5.32 Å². The second-order valence-electron chi connectivity index (χ2n) is 4.80. The number of rotatable bonds is 5. The summed E-state index contributed by atoms with van der Waals surface area (Å²) in [6.07, 6.45) is 6.14. The number of hydrogen-bond donors (Lipinski definition) is 1. The van der Waals surface area contributed by atoms with Crippen LogP contribution < -0.4 is 5.32 Å². The zero-order chi connectivity index (χ0) is 14.1. The molecular weight excluding hydrogens is 324 g/mol. The van der Waals surface area contributed by atoms with Gasteiger partial charge in [0, 0.05) is 24.0 Å². The highest BCUT2D eigenvalue weighted by atomic mass is 79.9. The van der Waals surface area contributed by atoms with Crippen molar-refractivity contribution in [1.82, 2.24) is 9.55 Å². The van der Waals surface area contributed by atoms with Crippen molar-refractivity contribution < 1.29 is 4.92 Å². The largest absolute Gasteiger partial charge is 0.379 e. The van der Waals surface area contributed by atoms with Crippen LogP contribution >= 0.6 is 15.9 Å². The molecule has 1 saturated carbocycles. The molecule has 3 rings (SSSR count). The second-order valence-corrected chi connectivity index (χ2v) is 5.65. The van der Waals surface area contributed by atoms with Crippen LogP contribution in [-0.2, 0) is 6.54 Å². The summed E-state index contributed by atoms with van der Waals surface area (Å²) >= 11 is 3.21. The van der Waals surface area contributed by atoms with E-state index in [-0.39, 0.29) is 5.69 Å². The number of halogens is 1. The number of benzene rings is 1. The molecule has 0 spiro atoms. The monoisotopic (exact) mass is 336 g/mol. The molecule has 0 atom stereocenters. The SMILES string of the molecule is O=[N+]([O-])c1ccc(NCc2cncn2C2CC2)cc1Br. The third kappa shape index (κ3) is 2.67. The fourth-order valence-corrected chi connectivity index (χ4v) is 2.63. The Kier molecular flexibility index (Phi) is 3.43. The first kappa shape index (κ1) is 13.1. The van der Waals surface area contributed by atoms with E-state index in [9.17, 15) is 10.1 Å². The minimum atomic E-state index is -0.407. The number of nitro groups is 1. The van der Waals surface area contributed by atoms with Crippen LogP contribution in [0.5, 0.6) is 0 Å². The van der Waals surface area contributed by atoms with Crippen molar-refractivity contribution in [3.63, 3.8) is 0 Å². The lowest BCUT2D eigenvalue weighted by Crippen LogP contribution is -2.06. The van der Waals surface area contributed by atoms with Crippen LogP contribution in [-0.4, -0.2) is 14.5 Å². The molecule has 1 aromatic carbocycles. The van der Waals surface area contributed by atoms with Crippen molar-refractivity contribution >= 4 is 27.3 Å². The average Bonchev–Trinajstić information content (AvgIpc) is 3.15. The molecule has 1 heterocycles. The Labute approximate surface area is 124 Å². The molecule has 0 radical (unpaired) electrons. The van der Waals surface area contributed by atoms with Crippen LogP contribution in [0.3, 0.4) is 0 Å². The molecule has 104 valence electrons. The third-order valence-corrected chi connectivity index (χ3v) is 3.94. The molecule has 1 N–H and O–H groups in total. The molecule has 0 aliphatic heterocycles. The van der Waals surface area contributed by atoms with Gasteiger partial charge in [-0.15, -0.1) is 0 Å². The number of nitro benzene ring substituents is 1. The van der Waals surface area contributed by atoms with Crippen molar-refractivity contribution in [2.24, 2.45) is 0 Å². The summed E-state index contributed by atoms with van der Waals surface area (Å²) in [6.45, 7) is 0.654. The zero-order valence-electron chi connectivity index (χ0n) is 10.6. The maximum absolute atomic E-state index is 10.7. The Bertz CT molecular complexity index is 652. The van der Waals surface area contributed by atoms with Crippen molar-refractivity contribution in [2.45, 2.75) is 25.4 Å². The van der Waals surface area contributed by atoms with Crippen LogP contribution in [0.25, 0.3) is 0 Å². The fourth-order valence-electron chi connectivity index (χ4n) is 2.11. The quantitative estimate of drug-likeness (QED) is 0.669. The lowest BCUT2D eigenvalue weighted by atomic mass is 10.3. The molecule has 0 bridgehead atoms. The Hall–Kier alpha value is -1.89. The van der Waals surface area contributed by atoms with E-state index >= 15 is 0 Å². The van der Waals surface area contributed by atoms with E-state index in [0.717, 1.165) is 11.4 Å². The van der Waals surface area contributed by atoms with Crippen LogP contribution in [0, 0.1) is 10.1 Å². The number of hydrogen-bond acceptors (Lipinski definition) is 4. The van der Waals surface area contributed by atoms with Gasteiger partial charge in [-0.25, -0.2) is 4.98 Å². The smallest absolute Gasteiger partial charge is 0.283 e. The molecule has 0 unspecified atom stereocenters. The van der Waals surface area contributed by atoms with E-state index in [0.29, 0.717) is 17.1 Å². The van der Waals surface area contributed by atoms with Crippen molar-refractivity contribution in [3.8, 4) is 0 Å². The highest BCUT2D eigenvalue weighted by Crippen LogP contribution is 2.35. The number of nitrogens with one attached hydrogen (secondary N) is 1. The van der Waals surface area contributed by atoms with Gasteiger partial charge in [-0.1, -0.05) is 0 Å². The Morgan fingerprint density at radius 2 is 2.30 bits per heavy atom. The minimum absolute atomic E-state index is 0.0681. The number of aromatic nitrogens is 2. The van der Waals surface area contributed by atoms with Crippen molar-refractivity contribution in [3.05, 3.63) is 51.0 Å². The Balaban J connectivity index is 1.70. The van der Waals surface area contributed by atoms with E-state index in [2.05, 4.69) is 30.8 Å². The zero-order valence-corrected chi connectivity index (χ0v) is 12.2. The number of imidazole rings is 1. The van der Waals surface area contributed by atoms with Crippen LogP contribution in [0.15, 0.2) is 35.2 Å². The first-order valence-corrected chi connectivity index (χ1v) is 7.13. The van der Waals surface area contributed by atoms with E-state index in [1.165, 1.54) is 18.9 Å². The molecule has 0 amide bonds. The first-order chi connectivity index (χ1) is 9.65. The first-order valence-electron chi connectivity index (χ1n) is 6.33. The summed E-state index contributed by atoms with van der Waals surface area (Å²) in [5.41, 5.74) is 2.03. The molecule has 20 heavy (non-hydrogen) atoms. The van der Waals surface area contributed by atoms with Gasteiger partial charge in [0.2, 0.25) is 0 Å². The summed E-state index contributed by atoms with van der Waals surface area (Å²) in [5.74, 6) is 0.